The Hall–Kier alpha value is -6.33. The summed E-state index contributed by atoms with van der Waals surface area (Å²) in [5.41, 5.74) is 9.94. The van der Waals surface area contributed by atoms with Gasteiger partial charge in [-0.1, -0.05) is 135 Å². The third-order valence-corrected chi connectivity index (χ3v) is 11.4. The second kappa shape index (κ2) is 14.2. The first-order chi connectivity index (χ1) is 30.2. The van der Waals surface area contributed by atoms with Crippen molar-refractivity contribution in [1.82, 2.24) is 9.55 Å². The van der Waals surface area contributed by atoms with E-state index < -0.39 is 11.5 Å². The Morgan fingerprint density at radius 1 is 0.559 bits per heavy atom. The zero-order valence-electron chi connectivity index (χ0n) is 40.5. The van der Waals surface area contributed by atoms with Crippen molar-refractivity contribution < 1.29 is 11.6 Å². The molecule has 1 aliphatic rings. The van der Waals surface area contributed by atoms with Gasteiger partial charge in [0.15, 0.2) is 0 Å². The lowest BCUT2D eigenvalue weighted by Gasteiger charge is -2.29. The average molecular weight is 780 g/mol. The van der Waals surface area contributed by atoms with Crippen molar-refractivity contribution in [3.05, 3.63) is 168 Å². The highest BCUT2D eigenvalue weighted by Crippen LogP contribution is 2.47. The zero-order chi connectivity index (χ0) is 45.6. The minimum atomic E-state index is -0.466. The van der Waals surface area contributed by atoms with Gasteiger partial charge in [0.1, 0.15) is 24.0 Å². The Balaban J connectivity index is 1.10. The number of para-hydroxylation sites is 3. The number of aromatic nitrogens is 2. The van der Waals surface area contributed by atoms with Crippen LogP contribution < -0.4 is 14.5 Å². The summed E-state index contributed by atoms with van der Waals surface area (Å²) in [6.07, 6.45) is 1.65. The maximum atomic E-state index is 8.76. The molecule has 0 saturated carbocycles. The molecule has 5 heteroatoms. The maximum absolute atomic E-state index is 8.76. The summed E-state index contributed by atoms with van der Waals surface area (Å²) >= 11 is 0. The maximum Gasteiger partial charge on any atom is 0.137 e. The minimum absolute atomic E-state index is 0.00800. The van der Waals surface area contributed by atoms with Crippen LogP contribution in [0.2, 0.25) is 0 Å². The van der Waals surface area contributed by atoms with E-state index in [4.69, 9.17) is 16.6 Å². The molecule has 8 aromatic rings. The molecular formula is C54H54N4O. The van der Waals surface area contributed by atoms with Crippen LogP contribution in [0.3, 0.4) is 0 Å². The van der Waals surface area contributed by atoms with Gasteiger partial charge in [-0.15, -0.1) is 0 Å². The van der Waals surface area contributed by atoms with E-state index in [2.05, 4.69) is 149 Å². The van der Waals surface area contributed by atoms with E-state index in [9.17, 15) is 0 Å². The largest absolute Gasteiger partial charge is 0.457 e. The lowest BCUT2D eigenvalue weighted by Crippen LogP contribution is -2.25. The van der Waals surface area contributed by atoms with Crippen molar-refractivity contribution in [1.29, 1.82) is 0 Å². The molecule has 296 valence electrons. The smallest absolute Gasteiger partial charge is 0.137 e. The fourth-order valence-corrected chi connectivity index (χ4v) is 8.17. The number of hydrogen-bond donors (Lipinski definition) is 0. The summed E-state index contributed by atoms with van der Waals surface area (Å²) in [5.74, 6) is 2.01. The predicted molar refractivity (Wildman–Crippen MR) is 249 cm³/mol. The quantitative estimate of drug-likeness (QED) is 0.168. The normalized spacial score (nSPS) is 14.6. The fourth-order valence-electron chi connectivity index (χ4n) is 8.17. The molecule has 5 nitrogen and oxygen atoms in total. The Kier molecular flexibility index (Phi) is 7.85. The third-order valence-electron chi connectivity index (χ3n) is 11.4. The lowest BCUT2D eigenvalue weighted by atomic mass is 9.80. The van der Waals surface area contributed by atoms with Crippen molar-refractivity contribution in [2.24, 2.45) is 0 Å². The van der Waals surface area contributed by atoms with E-state index in [1.165, 1.54) is 16.8 Å². The number of fused-ring (bicyclic) bond motifs is 4. The molecule has 0 aliphatic carbocycles. The molecule has 6 aromatic carbocycles. The first-order valence-corrected chi connectivity index (χ1v) is 20.4. The summed E-state index contributed by atoms with van der Waals surface area (Å²) in [7, 11) is 0. The molecule has 0 radical (unpaired) electrons. The van der Waals surface area contributed by atoms with Crippen LogP contribution in [0.1, 0.15) is 85.9 Å². The molecule has 59 heavy (non-hydrogen) atoms. The van der Waals surface area contributed by atoms with Gasteiger partial charge in [-0.05, 0) is 99.2 Å². The molecule has 0 atom stereocenters. The lowest BCUT2D eigenvalue weighted by molar-refractivity contribution is 0.483. The Morgan fingerprint density at radius 3 is 1.86 bits per heavy atom. The van der Waals surface area contributed by atoms with Crippen LogP contribution in [0.5, 0.6) is 11.5 Å². The molecule has 0 fully saturated rings. The van der Waals surface area contributed by atoms with Crippen LogP contribution in [0, 0.1) is 0 Å². The van der Waals surface area contributed by atoms with Crippen molar-refractivity contribution in [3.8, 4) is 28.4 Å². The van der Waals surface area contributed by atoms with Crippen LogP contribution in [-0.2, 0) is 16.2 Å². The van der Waals surface area contributed by atoms with E-state index in [-0.39, 0.29) is 40.6 Å². The minimum Gasteiger partial charge on any atom is -0.457 e. The van der Waals surface area contributed by atoms with E-state index in [0.29, 0.717) is 29.5 Å². The van der Waals surface area contributed by atoms with Crippen molar-refractivity contribution in [2.45, 2.75) is 78.6 Å². The van der Waals surface area contributed by atoms with Gasteiger partial charge < -0.3 is 14.5 Å². The number of benzene rings is 6. The molecular weight excluding hydrogens is 721 g/mol. The van der Waals surface area contributed by atoms with Crippen LogP contribution in [0.15, 0.2) is 152 Å². The summed E-state index contributed by atoms with van der Waals surface area (Å²) in [4.78, 5) is 9.72. The standard InChI is InChI=1S/C54H54N4O/c1-52(2,3)37-28-38(53(4,5)6)30-40(29-37)57-35-56(48-24-15-16-25-49(48)57)39-20-17-21-41(31-39)59-42-26-27-44-43-22-13-14-23-47(43)58(50(44)32-42)51-33-46(54(7,8)9)45(34-55-51)36-18-11-10-12-19-36/h10-34H,35H2,1-9H3/i10D,11D,12D,18D,19D. The van der Waals surface area contributed by atoms with Crippen molar-refractivity contribution >= 4 is 44.6 Å². The Morgan fingerprint density at radius 2 is 1.19 bits per heavy atom. The molecule has 0 bridgehead atoms. The zero-order valence-corrected chi connectivity index (χ0v) is 35.5. The highest BCUT2D eigenvalue weighted by Gasteiger charge is 2.30. The van der Waals surface area contributed by atoms with Gasteiger partial charge in [0.25, 0.3) is 0 Å². The summed E-state index contributed by atoms with van der Waals surface area (Å²) in [6.45, 7) is 20.5. The molecule has 1 aliphatic heterocycles. The number of nitrogens with zero attached hydrogens (tertiary/aromatic N) is 4. The molecule has 9 rings (SSSR count). The van der Waals surface area contributed by atoms with E-state index in [0.717, 1.165) is 44.4 Å². The van der Waals surface area contributed by atoms with E-state index in [1.807, 2.05) is 42.5 Å². The van der Waals surface area contributed by atoms with Gasteiger partial charge in [0, 0.05) is 46.0 Å². The third kappa shape index (κ3) is 7.13. The van der Waals surface area contributed by atoms with Gasteiger partial charge in [-0.25, -0.2) is 4.98 Å². The van der Waals surface area contributed by atoms with Gasteiger partial charge in [-0.2, -0.15) is 0 Å². The van der Waals surface area contributed by atoms with Crippen LogP contribution in [0.4, 0.5) is 22.7 Å². The Labute approximate surface area is 356 Å². The second-order valence-corrected chi connectivity index (χ2v) is 18.7. The van der Waals surface area contributed by atoms with Crippen LogP contribution in [0.25, 0.3) is 38.8 Å². The average Bonchev–Trinajstić information content (AvgIpc) is 3.80. The topological polar surface area (TPSA) is 33.5 Å². The summed E-state index contributed by atoms with van der Waals surface area (Å²) in [5, 5.41) is 2.09. The van der Waals surface area contributed by atoms with Crippen molar-refractivity contribution in [3.63, 3.8) is 0 Å². The molecule has 0 unspecified atom stereocenters. The van der Waals surface area contributed by atoms with Crippen molar-refractivity contribution in [2.75, 3.05) is 16.5 Å². The summed E-state index contributed by atoms with van der Waals surface area (Å²) in [6, 6.07) is 38.6. The van der Waals surface area contributed by atoms with E-state index in [1.54, 1.807) is 6.20 Å². The SMILES string of the molecule is [2H]c1c([2H])c([2H])c(-c2cnc(-n3c4ccccc4c4ccc(Oc5cccc(N6CN(c7cc(C(C)(C)C)cc(C(C)(C)C)c7)c7ccccc76)c5)cc43)cc2C(C)(C)C)c([2H])c1[2H]. The predicted octanol–water partition coefficient (Wildman–Crippen LogP) is 14.8. The summed E-state index contributed by atoms with van der Waals surface area (Å²) < 4.78 is 51.3. The molecule has 2 aromatic heterocycles. The molecule has 0 saturated heterocycles. The van der Waals surface area contributed by atoms with Gasteiger partial charge in [0.05, 0.1) is 29.3 Å². The molecule has 0 N–H and O–H groups in total. The molecule has 0 spiro atoms. The number of ether oxygens (including phenoxy) is 1. The van der Waals surface area contributed by atoms with Gasteiger partial charge >= 0.3 is 0 Å². The fraction of sp³-hybridized carbons (Fsp3) is 0.241. The number of pyridine rings is 1. The first-order valence-electron chi connectivity index (χ1n) is 22.9. The van der Waals surface area contributed by atoms with Crippen LogP contribution >= 0.6 is 0 Å². The van der Waals surface area contributed by atoms with Crippen LogP contribution in [-0.4, -0.2) is 16.2 Å². The number of rotatable bonds is 6. The van der Waals surface area contributed by atoms with E-state index >= 15 is 0 Å². The number of anilines is 4. The Bertz CT molecular complexity index is 3090. The highest BCUT2D eigenvalue weighted by atomic mass is 16.5. The van der Waals surface area contributed by atoms with Gasteiger partial charge in [0.2, 0.25) is 0 Å². The highest BCUT2D eigenvalue weighted by molar-refractivity contribution is 6.09. The monoisotopic (exact) mass is 779 g/mol. The first kappa shape index (κ1) is 32.6. The molecule has 3 heterocycles. The molecule has 0 amide bonds. The second-order valence-electron chi connectivity index (χ2n) is 18.7. The number of hydrogen-bond acceptors (Lipinski definition) is 4. The van der Waals surface area contributed by atoms with Gasteiger partial charge in [-0.3, -0.25) is 4.57 Å².